The molecule has 9 heteroatoms. The van der Waals surface area contributed by atoms with Crippen molar-refractivity contribution >= 4 is 39.8 Å². The van der Waals surface area contributed by atoms with E-state index in [1.807, 2.05) is 0 Å². The van der Waals surface area contributed by atoms with Crippen molar-refractivity contribution in [2.75, 3.05) is 5.32 Å². The molecular formula is C13H7ClF3NO3S. The van der Waals surface area contributed by atoms with Gasteiger partial charge in [-0.25, -0.2) is 4.79 Å². The number of nitrogens with one attached hydrogen (secondary N) is 1. The number of carboxylic acids is 1. The molecule has 0 saturated heterocycles. The van der Waals surface area contributed by atoms with Crippen LogP contribution < -0.4 is 5.32 Å². The summed E-state index contributed by atoms with van der Waals surface area (Å²) in [5.41, 5.74) is 0.0570. The van der Waals surface area contributed by atoms with Crippen molar-refractivity contribution < 1.29 is 27.9 Å². The maximum absolute atomic E-state index is 12.3. The van der Waals surface area contributed by atoms with Gasteiger partial charge in [-0.15, -0.1) is 11.3 Å². The van der Waals surface area contributed by atoms with Crippen LogP contribution in [-0.4, -0.2) is 23.2 Å². The second-order valence-corrected chi connectivity index (χ2v) is 5.38. The summed E-state index contributed by atoms with van der Waals surface area (Å²) >= 11 is 6.65. The molecule has 2 aromatic rings. The van der Waals surface area contributed by atoms with Crippen LogP contribution in [0.3, 0.4) is 0 Å². The predicted octanol–water partition coefficient (Wildman–Crippen LogP) is 4.27. The van der Waals surface area contributed by atoms with E-state index >= 15 is 0 Å². The molecule has 2 rings (SSSR count). The number of hydrogen-bond acceptors (Lipinski definition) is 3. The van der Waals surface area contributed by atoms with E-state index in [1.165, 1.54) is 17.5 Å². The number of anilines is 1. The molecule has 0 aliphatic carbocycles. The molecule has 0 aliphatic heterocycles. The topological polar surface area (TPSA) is 66.4 Å². The van der Waals surface area contributed by atoms with Gasteiger partial charge in [-0.2, -0.15) is 13.2 Å². The molecule has 0 fully saturated rings. The third kappa shape index (κ3) is 3.23. The first kappa shape index (κ1) is 16.3. The van der Waals surface area contributed by atoms with Crippen LogP contribution in [0.15, 0.2) is 29.6 Å². The van der Waals surface area contributed by atoms with Crippen LogP contribution in [-0.2, 0) is 4.79 Å². The number of amides is 1. The summed E-state index contributed by atoms with van der Waals surface area (Å²) in [6, 6.07) is 6.30. The zero-order valence-corrected chi connectivity index (χ0v) is 12.1. The van der Waals surface area contributed by atoms with E-state index in [9.17, 15) is 27.9 Å². The third-order valence-corrected chi connectivity index (χ3v) is 3.88. The Morgan fingerprint density at radius 2 is 1.82 bits per heavy atom. The van der Waals surface area contributed by atoms with Gasteiger partial charge in [-0.3, -0.25) is 4.79 Å². The highest BCUT2D eigenvalue weighted by Crippen LogP contribution is 2.39. The predicted molar refractivity (Wildman–Crippen MR) is 76.4 cm³/mol. The molecule has 1 aromatic heterocycles. The van der Waals surface area contributed by atoms with Crippen molar-refractivity contribution in [2.24, 2.45) is 0 Å². The average molecular weight is 350 g/mol. The molecule has 1 aromatic carbocycles. The van der Waals surface area contributed by atoms with Gasteiger partial charge < -0.3 is 10.4 Å². The monoisotopic (exact) mass is 349 g/mol. The summed E-state index contributed by atoms with van der Waals surface area (Å²) in [5.74, 6) is -3.70. The summed E-state index contributed by atoms with van der Waals surface area (Å²) in [5, 5.41) is 12.0. The molecule has 1 heterocycles. The normalized spacial score (nSPS) is 11.3. The molecular weight excluding hydrogens is 343 g/mol. The Kier molecular flexibility index (Phi) is 4.43. The largest absolute Gasteiger partial charge is 0.478 e. The fourth-order valence-electron chi connectivity index (χ4n) is 1.71. The molecule has 4 nitrogen and oxygen atoms in total. The van der Waals surface area contributed by atoms with Crippen LogP contribution in [0.1, 0.15) is 10.4 Å². The maximum Gasteiger partial charge on any atom is 0.471 e. The molecule has 0 bridgehead atoms. The Bertz CT molecular complexity index is 742. The Labute approximate surface area is 131 Å². The Morgan fingerprint density at radius 1 is 1.18 bits per heavy atom. The molecule has 0 unspecified atom stereocenters. The fraction of sp³-hybridized carbons (Fsp3) is 0.0769. The molecule has 116 valence electrons. The number of hydrogen-bond donors (Lipinski definition) is 2. The first-order valence-electron chi connectivity index (χ1n) is 5.69. The number of rotatable bonds is 3. The summed E-state index contributed by atoms with van der Waals surface area (Å²) in [7, 11) is 0. The summed E-state index contributed by atoms with van der Waals surface area (Å²) in [4.78, 5) is 22.3. The highest BCUT2D eigenvalue weighted by atomic mass is 35.5. The minimum absolute atomic E-state index is 0.139. The SMILES string of the molecule is O=C(O)c1c(-c2ccccc2Cl)csc1NC(=O)C(F)(F)F. The van der Waals surface area contributed by atoms with Gasteiger partial charge in [0.05, 0.1) is 0 Å². The molecule has 0 radical (unpaired) electrons. The quantitative estimate of drug-likeness (QED) is 0.869. The maximum atomic E-state index is 12.3. The van der Waals surface area contributed by atoms with Gasteiger partial charge in [0.1, 0.15) is 10.6 Å². The number of carboxylic acid groups (broad SMARTS) is 1. The first-order chi connectivity index (χ1) is 10.2. The number of benzene rings is 1. The molecule has 0 spiro atoms. The highest BCUT2D eigenvalue weighted by molar-refractivity contribution is 7.15. The van der Waals surface area contributed by atoms with Crippen LogP contribution in [0.4, 0.5) is 18.2 Å². The smallest absolute Gasteiger partial charge is 0.471 e. The van der Waals surface area contributed by atoms with E-state index in [2.05, 4.69) is 0 Å². The van der Waals surface area contributed by atoms with Crippen molar-refractivity contribution in [1.82, 2.24) is 0 Å². The Morgan fingerprint density at radius 3 is 2.36 bits per heavy atom. The number of thiophene rings is 1. The summed E-state index contributed by atoms with van der Waals surface area (Å²) < 4.78 is 36.9. The van der Waals surface area contributed by atoms with Crippen LogP contribution in [0.2, 0.25) is 5.02 Å². The molecule has 2 N–H and O–H groups in total. The minimum atomic E-state index is -5.11. The third-order valence-electron chi connectivity index (χ3n) is 2.65. The van der Waals surface area contributed by atoms with Crippen LogP contribution in [0, 0.1) is 0 Å². The van der Waals surface area contributed by atoms with Crippen molar-refractivity contribution in [2.45, 2.75) is 6.18 Å². The van der Waals surface area contributed by atoms with Gasteiger partial charge in [0, 0.05) is 21.5 Å². The zero-order chi connectivity index (χ0) is 16.5. The minimum Gasteiger partial charge on any atom is -0.478 e. The van der Waals surface area contributed by atoms with E-state index in [4.69, 9.17) is 11.6 Å². The van der Waals surface area contributed by atoms with Gasteiger partial charge in [0.15, 0.2) is 0 Å². The van der Waals surface area contributed by atoms with Crippen molar-refractivity contribution in [3.05, 3.63) is 40.2 Å². The van der Waals surface area contributed by atoms with Gasteiger partial charge in [0.25, 0.3) is 0 Å². The molecule has 1 amide bonds. The van der Waals surface area contributed by atoms with E-state index in [-0.39, 0.29) is 10.6 Å². The zero-order valence-electron chi connectivity index (χ0n) is 10.6. The lowest BCUT2D eigenvalue weighted by Crippen LogP contribution is -2.30. The van der Waals surface area contributed by atoms with E-state index in [1.54, 1.807) is 17.4 Å². The van der Waals surface area contributed by atoms with Crippen molar-refractivity contribution in [3.63, 3.8) is 0 Å². The van der Waals surface area contributed by atoms with Gasteiger partial charge in [-0.05, 0) is 6.07 Å². The number of carbonyl (C=O) groups excluding carboxylic acids is 1. The van der Waals surface area contributed by atoms with E-state index in [0.29, 0.717) is 16.9 Å². The van der Waals surface area contributed by atoms with Gasteiger partial charge >= 0.3 is 18.1 Å². The second kappa shape index (κ2) is 5.98. The lowest BCUT2D eigenvalue weighted by atomic mass is 10.0. The Balaban J connectivity index is 2.50. The van der Waals surface area contributed by atoms with Crippen LogP contribution in [0.25, 0.3) is 11.1 Å². The van der Waals surface area contributed by atoms with Crippen LogP contribution >= 0.6 is 22.9 Å². The number of carbonyl (C=O) groups is 2. The summed E-state index contributed by atoms with van der Waals surface area (Å²) in [6.07, 6.45) is -5.11. The van der Waals surface area contributed by atoms with Crippen molar-refractivity contribution in [1.29, 1.82) is 0 Å². The standard InChI is InChI=1S/C13H7ClF3NO3S/c14-8-4-2-1-3-6(8)7-5-22-10(9(7)11(19)20)18-12(21)13(15,16)17/h1-5H,(H,18,21)(H,19,20). The number of halogens is 4. The first-order valence-corrected chi connectivity index (χ1v) is 6.95. The lowest BCUT2D eigenvalue weighted by Gasteiger charge is -2.08. The Hall–Kier alpha value is -2.06. The second-order valence-electron chi connectivity index (χ2n) is 4.09. The van der Waals surface area contributed by atoms with Gasteiger partial charge in [0.2, 0.25) is 0 Å². The summed E-state index contributed by atoms with van der Waals surface area (Å²) in [6.45, 7) is 0. The molecule has 0 saturated carbocycles. The van der Waals surface area contributed by atoms with E-state index in [0.717, 1.165) is 0 Å². The molecule has 0 atom stereocenters. The fourth-order valence-corrected chi connectivity index (χ4v) is 2.90. The highest BCUT2D eigenvalue weighted by Gasteiger charge is 2.39. The molecule has 22 heavy (non-hydrogen) atoms. The van der Waals surface area contributed by atoms with Gasteiger partial charge in [-0.1, -0.05) is 29.8 Å². The average Bonchev–Trinajstić information content (AvgIpc) is 2.81. The van der Waals surface area contributed by atoms with Crippen LogP contribution in [0.5, 0.6) is 0 Å². The number of aromatic carboxylic acids is 1. The number of alkyl halides is 3. The lowest BCUT2D eigenvalue weighted by molar-refractivity contribution is -0.167. The molecule has 0 aliphatic rings. The van der Waals surface area contributed by atoms with E-state index < -0.39 is 28.6 Å². The van der Waals surface area contributed by atoms with Crippen molar-refractivity contribution in [3.8, 4) is 11.1 Å².